The van der Waals surface area contributed by atoms with E-state index < -0.39 is 42.0 Å². The Hall–Kier alpha value is -2.75. The van der Waals surface area contributed by atoms with Crippen LogP contribution in [0.15, 0.2) is 30.3 Å². The summed E-state index contributed by atoms with van der Waals surface area (Å²) in [6, 6.07) is 6.51. The fraction of sp³-hybridized carbons (Fsp3) is 0.500. The van der Waals surface area contributed by atoms with Gasteiger partial charge in [0.15, 0.2) is 0 Å². The van der Waals surface area contributed by atoms with Gasteiger partial charge in [0.1, 0.15) is 24.7 Å². The van der Waals surface area contributed by atoms with Crippen LogP contribution in [-0.4, -0.2) is 70.6 Å². The molecule has 3 N–H and O–H groups in total. The molecule has 0 bridgehead atoms. The zero-order chi connectivity index (χ0) is 22.1. The number of carboxylic acid groups (broad SMARTS) is 1. The smallest absolute Gasteiger partial charge is 0.410 e. The Morgan fingerprint density at radius 3 is 2.57 bits per heavy atom. The summed E-state index contributed by atoms with van der Waals surface area (Å²) in [6.07, 6.45) is 2.26. The minimum Gasteiger partial charge on any atom is -0.480 e. The molecule has 1 fully saturated rings. The van der Waals surface area contributed by atoms with Crippen molar-refractivity contribution in [3.8, 4) is 0 Å². The first kappa shape index (κ1) is 23.5. The molecule has 2 rings (SSSR count). The minimum atomic E-state index is -1.14. The normalized spacial score (nSPS) is 17.7. The molecule has 0 aliphatic carbocycles. The van der Waals surface area contributed by atoms with Gasteiger partial charge in [-0.3, -0.25) is 14.5 Å². The van der Waals surface area contributed by atoms with E-state index in [0.717, 1.165) is 5.56 Å². The van der Waals surface area contributed by atoms with E-state index in [1.807, 2.05) is 30.3 Å². The number of likely N-dealkylation sites (tertiary alicyclic amines) is 1. The maximum Gasteiger partial charge on any atom is 0.410 e. The van der Waals surface area contributed by atoms with Gasteiger partial charge in [0.25, 0.3) is 0 Å². The maximum atomic E-state index is 12.6. The third-order valence-corrected chi connectivity index (χ3v) is 5.36. The van der Waals surface area contributed by atoms with Crippen molar-refractivity contribution in [1.29, 1.82) is 0 Å². The fourth-order valence-corrected chi connectivity index (χ4v) is 3.63. The zero-order valence-corrected chi connectivity index (χ0v) is 17.8. The van der Waals surface area contributed by atoms with Crippen molar-refractivity contribution in [1.82, 2.24) is 15.5 Å². The summed E-state index contributed by atoms with van der Waals surface area (Å²) in [4.78, 5) is 49.9. The standard InChI is InChI=1S/C20H27N3O6S/c1-13(17(24)22-15(12-30-2)19(26)27)21-18(25)16-9-6-10-23(16)20(28)29-11-14-7-4-3-5-8-14/h3-5,7-8,13,15-16H,6,9-12H2,1-2H3,(H,21,25)(H,22,24)(H,26,27)/t13-,15-,16+/m0/s1. The Morgan fingerprint density at radius 2 is 1.93 bits per heavy atom. The molecule has 3 atom stereocenters. The van der Waals surface area contributed by atoms with E-state index in [1.165, 1.54) is 23.6 Å². The Morgan fingerprint density at radius 1 is 1.23 bits per heavy atom. The molecule has 3 amide bonds. The van der Waals surface area contributed by atoms with Crippen LogP contribution in [0.25, 0.3) is 0 Å². The second kappa shape index (κ2) is 11.4. The maximum absolute atomic E-state index is 12.6. The number of thioether (sulfide) groups is 1. The number of carbonyl (C=O) groups is 4. The van der Waals surface area contributed by atoms with Crippen LogP contribution in [0.2, 0.25) is 0 Å². The molecule has 0 unspecified atom stereocenters. The summed E-state index contributed by atoms with van der Waals surface area (Å²) in [5.41, 5.74) is 0.842. The molecule has 1 aliphatic rings. The highest BCUT2D eigenvalue weighted by atomic mass is 32.2. The fourth-order valence-electron chi connectivity index (χ4n) is 3.07. The Bertz CT molecular complexity index is 760. The number of amides is 3. The summed E-state index contributed by atoms with van der Waals surface area (Å²) in [5.74, 6) is -1.99. The van der Waals surface area contributed by atoms with E-state index in [2.05, 4.69) is 10.6 Å². The molecule has 1 saturated heterocycles. The van der Waals surface area contributed by atoms with Crippen molar-refractivity contribution < 1.29 is 29.0 Å². The number of ether oxygens (including phenoxy) is 1. The van der Waals surface area contributed by atoms with Crippen LogP contribution >= 0.6 is 11.8 Å². The number of hydrogen-bond acceptors (Lipinski definition) is 6. The molecule has 30 heavy (non-hydrogen) atoms. The van der Waals surface area contributed by atoms with Crippen molar-refractivity contribution in [2.24, 2.45) is 0 Å². The number of nitrogens with zero attached hydrogens (tertiary/aromatic N) is 1. The average molecular weight is 438 g/mol. The largest absolute Gasteiger partial charge is 0.480 e. The molecule has 1 heterocycles. The highest BCUT2D eigenvalue weighted by Gasteiger charge is 2.36. The van der Waals surface area contributed by atoms with Crippen molar-refractivity contribution in [2.45, 2.75) is 44.5 Å². The first-order chi connectivity index (χ1) is 14.3. The van der Waals surface area contributed by atoms with Gasteiger partial charge in [0, 0.05) is 12.3 Å². The van der Waals surface area contributed by atoms with Gasteiger partial charge in [0.05, 0.1) is 0 Å². The van der Waals surface area contributed by atoms with Crippen LogP contribution in [0.1, 0.15) is 25.3 Å². The van der Waals surface area contributed by atoms with Gasteiger partial charge >= 0.3 is 12.1 Å². The van der Waals surface area contributed by atoms with Crippen LogP contribution in [0.3, 0.4) is 0 Å². The third-order valence-electron chi connectivity index (χ3n) is 4.70. The van der Waals surface area contributed by atoms with Gasteiger partial charge in [-0.15, -0.1) is 0 Å². The quantitative estimate of drug-likeness (QED) is 0.530. The minimum absolute atomic E-state index is 0.106. The SMILES string of the molecule is CSC[C@H](NC(=O)[C@H](C)NC(=O)[C@H]1CCCN1C(=O)OCc1ccccc1)C(=O)O. The Kier molecular flexibility index (Phi) is 8.97. The van der Waals surface area contributed by atoms with Crippen LogP contribution < -0.4 is 10.6 Å². The summed E-state index contributed by atoms with van der Waals surface area (Å²) < 4.78 is 5.31. The summed E-state index contributed by atoms with van der Waals surface area (Å²) in [5, 5.41) is 14.1. The molecular formula is C20H27N3O6S. The molecule has 0 radical (unpaired) electrons. The van der Waals surface area contributed by atoms with Gasteiger partial charge in [-0.1, -0.05) is 30.3 Å². The van der Waals surface area contributed by atoms with E-state index in [0.29, 0.717) is 19.4 Å². The van der Waals surface area contributed by atoms with E-state index in [-0.39, 0.29) is 12.4 Å². The second-order valence-corrected chi connectivity index (χ2v) is 7.89. The zero-order valence-electron chi connectivity index (χ0n) is 17.0. The van der Waals surface area contributed by atoms with Crippen LogP contribution in [0.5, 0.6) is 0 Å². The molecule has 9 nitrogen and oxygen atoms in total. The average Bonchev–Trinajstić information content (AvgIpc) is 3.22. The molecule has 1 aromatic rings. The lowest BCUT2D eigenvalue weighted by molar-refractivity contribution is -0.141. The van der Waals surface area contributed by atoms with Crippen LogP contribution in [0, 0.1) is 0 Å². The highest BCUT2D eigenvalue weighted by Crippen LogP contribution is 2.19. The van der Waals surface area contributed by atoms with Gasteiger partial charge in [-0.25, -0.2) is 9.59 Å². The molecule has 1 aromatic carbocycles. The van der Waals surface area contributed by atoms with Crippen molar-refractivity contribution in [2.75, 3.05) is 18.6 Å². The summed E-state index contributed by atoms with van der Waals surface area (Å²) in [7, 11) is 0. The lowest BCUT2D eigenvalue weighted by atomic mass is 10.2. The van der Waals surface area contributed by atoms with Crippen molar-refractivity contribution >= 4 is 35.6 Å². The van der Waals surface area contributed by atoms with Crippen LogP contribution in [-0.2, 0) is 25.7 Å². The number of nitrogens with one attached hydrogen (secondary N) is 2. The van der Waals surface area contributed by atoms with E-state index in [4.69, 9.17) is 9.84 Å². The van der Waals surface area contributed by atoms with Gasteiger partial charge in [-0.05, 0) is 31.6 Å². The van der Waals surface area contributed by atoms with Crippen molar-refractivity contribution in [3.63, 3.8) is 0 Å². The molecule has 0 spiro atoms. The molecular weight excluding hydrogens is 410 g/mol. The van der Waals surface area contributed by atoms with Gasteiger partial charge < -0.3 is 20.5 Å². The number of rotatable bonds is 9. The number of aliphatic carboxylic acids is 1. The summed E-state index contributed by atoms with van der Waals surface area (Å²) >= 11 is 1.29. The number of benzene rings is 1. The lowest BCUT2D eigenvalue weighted by Gasteiger charge is -2.25. The van der Waals surface area contributed by atoms with Gasteiger partial charge in [-0.2, -0.15) is 11.8 Å². The molecule has 0 saturated carbocycles. The molecule has 1 aliphatic heterocycles. The molecule has 10 heteroatoms. The summed E-state index contributed by atoms with van der Waals surface area (Å²) in [6.45, 7) is 1.97. The number of carbonyl (C=O) groups excluding carboxylic acids is 3. The second-order valence-electron chi connectivity index (χ2n) is 6.98. The third kappa shape index (κ3) is 6.65. The Balaban J connectivity index is 1.88. The van der Waals surface area contributed by atoms with Gasteiger partial charge in [0.2, 0.25) is 11.8 Å². The molecule has 0 aromatic heterocycles. The Labute approximate surface area is 179 Å². The first-order valence-electron chi connectivity index (χ1n) is 9.63. The monoisotopic (exact) mass is 437 g/mol. The van der Waals surface area contributed by atoms with E-state index >= 15 is 0 Å². The highest BCUT2D eigenvalue weighted by molar-refractivity contribution is 7.98. The number of hydrogen-bond donors (Lipinski definition) is 3. The van der Waals surface area contributed by atoms with Crippen molar-refractivity contribution in [3.05, 3.63) is 35.9 Å². The van der Waals surface area contributed by atoms with E-state index in [9.17, 15) is 19.2 Å². The predicted molar refractivity (Wildman–Crippen MR) is 112 cm³/mol. The predicted octanol–water partition coefficient (Wildman–Crippen LogP) is 1.22. The number of carboxylic acids is 1. The van der Waals surface area contributed by atoms with Crippen LogP contribution in [0.4, 0.5) is 4.79 Å². The topological polar surface area (TPSA) is 125 Å². The first-order valence-corrected chi connectivity index (χ1v) is 11.0. The molecule has 164 valence electrons. The lowest BCUT2D eigenvalue weighted by Crippen LogP contribution is -2.54. The van der Waals surface area contributed by atoms with E-state index in [1.54, 1.807) is 6.26 Å².